The summed E-state index contributed by atoms with van der Waals surface area (Å²) in [6, 6.07) is 11.0. The van der Waals surface area contributed by atoms with Gasteiger partial charge in [-0.15, -0.1) is 0 Å². The Morgan fingerprint density at radius 2 is 1.63 bits per heavy atom. The SMILES string of the molecule is CC(C)NC(=O)[C@H](C)n1c(=O)n(-c2ccccc2F)c(=O)c2ccccc21. The number of aromatic nitrogens is 2. The highest BCUT2D eigenvalue weighted by molar-refractivity contribution is 5.84. The molecule has 1 atom stereocenters. The summed E-state index contributed by atoms with van der Waals surface area (Å²) in [5.74, 6) is -1.06. The van der Waals surface area contributed by atoms with E-state index in [4.69, 9.17) is 0 Å². The molecule has 3 aromatic rings. The van der Waals surface area contributed by atoms with Crippen molar-refractivity contribution in [3.05, 3.63) is 75.2 Å². The summed E-state index contributed by atoms with van der Waals surface area (Å²) in [7, 11) is 0. The van der Waals surface area contributed by atoms with Gasteiger partial charge in [-0.2, -0.15) is 0 Å². The normalized spacial score (nSPS) is 12.3. The van der Waals surface area contributed by atoms with E-state index >= 15 is 0 Å². The Bertz CT molecular complexity index is 1130. The summed E-state index contributed by atoms with van der Waals surface area (Å²) in [6.07, 6.45) is 0. The zero-order valence-corrected chi connectivity index (χ0v) is 15.3. The first-order valence-electron chi connectivity index (χ1n) is 8.64. The zero-order chi connectivity index (χ0) is 19.7. The van der Waals surface area contributed by atoms with E-state index in [1.54, 1.807) is 37.3 Å². The van der Waals surface area contributed by atoms with Crippen LogP contribution in [0.15, 0.2) is 58.1 Å². The van der Waals surface area contributed by atoms with Crippen LogP contribution in [0, 0.1) is 5.82 Å². The molecule has 7 heteroatoms. The molecular weight excluding hydrogens is 349 g/mol. The first-order valence-corrected chi connectivity index (χ1v) is 8.64. The molecule has 0 fully saturated rings. The lowest BCUT2D eigenvalue weighted by Crippen LogP contribution is -2.45. The van der Waals surface area contributed by atoms with Crippen molar-refractivity contribution in [3.8, 4) is 5.69 Å². The lowest BCUT2D eigenvalue weighted by atomic mass is 10.2. The number of nitrogens with zero attached hydrogens (tertiary/aromatic N) is 2. The van der Waals surface area contributed by atoms with Gasteiger partial charge in [-0.1, -0.05) is 24.3 Å². The third-order valence-corrected chi connectivity index (χ3v) is 4.29. The van der Waals surface area contributed by atoms with E-state index in [1.807, 2.05) is 13.8 Å². The summed E-state index contributed by atoms with van der Waals surface area (Å²) in [6.45, 7) is 5.19. The van der Waals surface area contributed by atoms with Gasteiger partial charge in [-0.05, 0) is 45.0 Å². The highest BCUT2D eigenvalue weighted by Crippen LogP contribution is 2.16. The Labute approximate surface area is 154 Å². The number of hydrogen-bond donors (Lipinski definition) is 1. The molecule has 6 nitrogen and oxygen atoms in total. The van der Waals surface area contributed by atoms with Crippen molar-refractivity contribution in [1.29, 1.82) is 0 Å². The lowest BCUT2D eigenvalue weighted by Gasteiger charge is -2.20. The van der Waals surface area contributed by atoms with Crippen LogP contribution in [0.4, 0.5) is 4.39 Å². The van der Waals surface area contributed by atoms with Crippen LogP contribution in [0.5, 0.6) is 0 Å². The van der Waals surface area contributed by atoms with Crippen LogP contribution in [0.1, 0.15) is 26.8 Å². The topological polar surface area (TPSA) is 73.1 Å². The van der Waals surface area contributed by atoms with Crippen LogP contribution in [0.2, 0.25) is 0 Å². The third-order valence-electron chi connectivity index (χ3n) is 4.29. The standard InChI is InChI=1S/C20H20FN3O3/c1-12(2)22-18(25)13(3)23-16-10-6-4-8-14(16)19(26)24(20(23)27)17-11-7-5-9-15(17)21/h4-13H,1-3H3,(H,22,25)/t13-/m0/s1. The summed E-state index contributed by atoms with van der Waals surface area (Å²) in [5.41, 5.74) is -1.22. The fourth-order valence-electron chi connectivity index (χ4n) is 3.02. The molecule has 0 saturated heterocycles. The van der Waals surface area contributed by atoms with Gasteiger partial charge >= 0.3 is 5.69 Å². The number of halogens is 1. The van der Waals surface area contributed by atoms with E-state index in [0.717, 1.165) is 4.57 Å². The highest BCUT2D eigenvalue weighted by Gasteiger charge is 2.23. The van der Waals surface area contributed by atoms with Crippen LogP contribution < -0.4 is 16.6 Å². The molecule has 0 aliphatic carbocycles. The van der Waals surface area contributed by atoms with E-state index in [9.17, 15) is 18.8 Å². The van der Waals surface area contributed by atoms with Crippen LogP contribution in [-0.2, 0) is 4.79 Å². The van der Waals surface area contributed by atoms with Gasteiger partial charge in [-0.3, -0.25) is 14.2 Å². The van der Waals surface area contributed by atoms with Gasteiger partial charge in [0.05, 0.1) is 16.6 Å². The van der Waals surface area contributed by atoms with E-state index in [1.165, 1.54) is 22.8 Å². The third kappa shape index (κ3) is 3.28. The predicted molar refractivity (Wildman–Crippen MR) is 102 cm³/mol. The molecule has 0 radical (unpaired) electrons. The number of hydrogen-bond acceptors (Lipinski definition) is 3. The monoisotopic (exact) mass is 369 g/mol. The van der Waals surface area contributed by atoms with Crippen molar-refractivity contribution in [2.75, 3.05) is 0 Å². The number of carbonyl (C=O) groups excluding carboxylic acids is 1. The minimum absolute atomic E-state index is 0.112. The van der Waals surface area contributed by atoms with E-state index in [0.29, 0.717) is 5.52 Å². The molecule has 0 aliphatic heterocycles. The van der Waals surface area contributed by atoms with Gasteiger partial charge in [0.1, 0.15) is 11.9 Å². The molecular formula is C20H20FN3O3. The second kappa shape index (κ2) is 7.19. The van der Waals surface area contributed by atoms with Crippen LogP contribution in [0.3, 0.4) is 0 Å². The van der Waals surface area contributed by atoms with Crippen molar-refractivity contribution >= 4 is 16.8 Å². The van der Waals surface area contributed by atoms with Gasteiger partial charge in [0, 0.05) is 6.04 Å². The average Bonchev–Trinajstić information content (AvgIpc) is 2.62. The minimum Gasteiger partial charge on any atom is -0.352 e. The van der Waals surface area contributed by atoms with Gasteiger partial charge in [-0.25, -0.2) is 13.8 Å². The second-order valence-corrected chi connectivity index (χ2v) is 6.60. The molecule has 1 heterocycles. The summed E-state index contributed by atoms with van der Waals surface area (Å²) in [4.78, 5) is 38.6. The molecule has 0 aliphatic rings. The molecule has 2 aromatic carbocycles. The maximum Gasteiger partial charge on any atom is 0.336 e. The molecule has 1 aromatic heterocycles. The molecule has 1 amide bonds. The largest absolute Gasteiger partial charge is 0.352 e. The van der Waals surface area contributed by atoms with E-state index in [2.05, 4.69) is 5.32 Å². The van der Waals surface area contributed by atoms with Gasteiger partial charge < -0.3 is 5.32 Å². The minimum atomic E-state index is -0.886. The maximum absolute atomic E-state index is 14.3. The molecule has 0 unspecified atom stereocenters. The highest BCUT2D eigenvalue weighted by atomic mass is 19.1. The maximum atomic E-state index is 14.3. The quantitative estimate of drug-likeness (QED) is 0.767. The summed E-state index contributed by atoms with van der Waals surface area (Å²) in [5, 5.41) is 2.98. The number of amides is 1. The molecule has 3 rings (SSSR count). The molecule has 0 saturated carbocycles. The van der Waals surface area contributed by atoms with Crippen molar-refractivity contribution < 1.29 is 9.18 Å². The van der Waals surface area contributed by atoms with Crippen molar-refractivity contribution in [1.82, 2.24) is 14.5 Å². The predicted octanol–water partition coefficient (Wildman–Crippen LogP) is 2.38. The second-order valence-electron chi connectivity index (χ2n) is 6.60. The summed E-state index contributed by atoms with van der Waals surface area (Å²) >= 11 is 0. The first-order chi connectivity index (χ1) is 12.8. The number of nitrogens with one attached hydrogen (secondary N) is 1. The Balaban J connectivity index is 2.37. The number of carbonyl (C=O) groups is 1. The first kappa shape index (κ1) is 18.6. The van der Waals surface area contributed by atoms with Gasteiger partial charge in [0.25, 0.3) is 5.56 Å². The fraction of sp³-hybridized carbons (Fsp3) is 0.250. The Hall–Kier alpha value is -3.22. The smallest absolute Gasteiger partial charge is 0.336 e. The molecule has 0 spiro atoms. The number of benzene rings is 2. The molecule has 0 bridgehead atoms. The van der Waals surface area contributed by atoms with Crippen LogP contribution >= 0.6 is 0 Å². The molecule has 1 N–H and O–H groups in total. The van der Waals surface area contributed by atoms with Crippen LogP contribution in [0.25, 0.3) is 16.6 Å². The van der Waals surface area contributed by atoms with E-state index in [-0.39, 0.29) is 23.0 Å². The Kier molecular flexibility index (Phi) is 4.94. The zero-order valence-electron chi connectivity index (χ0n) is 15.3. The van der Waals surface area contributed by atoms with Gasteiger partial charge in [0.15, 0.2) is 0 Å². The average molecular weight is 369 g/mol. The number of para-hydroxylation sites is 2. The van der Waals surface area contributed by atoms with Crippen molar-refractivity contribution in [2.45, 2.75) is 32.9 Å². The number of fused-ring (bicyclic) bond motifs is 1. The number of rotatable bonds is 4. The summed E-state index contributed by atoms with van der Waals surface area (Å²) < 4.78 is 16.3. The van der Waals surface area contributed by atoms with E-state index < -0.39 is 23.1 Å². The lowest BCUT2D eigenvalue weighted by molar-refractivity contribution is -0.124. The Morgan fingerprint density at radius 3 is 2.30 bits per heavy atom. The van der Waals surface area contributed by atoms with Crippen molar-refractivity contribution in [3.63, 3.8) is 0 Å². The molecule has 27 heavy (non-hydrogen) atoms. The molecule has 140 valence electrons. The van der Waals surface area contributed by atoms with Crippen LogP contribution in [-0.4, -0.2) is 21.1 Å². The fourth-order valence-corrected chi connectivity index (χ4v) is 3.02. The van der Waals surface area contributed by atoms with Crippen molar-refractivity contribution in [2.24, 2.45) is 0 Å². The Morgan fingerprint density at radius 1 is 1.00 bits per heavy atom. The van der Waals surface area contributed by atoms with Gasteiger partial charge in [0.2, 0.25) is 5.91 Å².